The lowest BCUT2D eigenvalue weighted by atomic mass is 9.57. The van der Waals surface area contributed by atoms with Crippen molar-refractivity contribution in [2.45, 2.75) is 31.0 Å². The largest absolute Gasteiger partial charge is 0.508 e. The summed E-state index contributed by atoms with van der Waals surface area (Å²) in [7, 11) is 1.54. The van der Waals surface area contributed by atoms with Gasteiger partial charge >= 0.3 is 0 Å². The third kappa shape index (κ3) is 4.43. The number of aromatic hydroxyl groups is 1. The van der Waals surface area contributed by atoms with Gasteiger partial charge in [-0.15, -0.1) is 0 Å². The van der Waals surface area contributed by atoms with Crippen molar-refractivity contribution in [3.05, 3.63) is 88.7 Å². The van der Waals surface area contributed by atoms with E-state index in [1.54, 1.807) is 54.6 Å². The Kier molecular flexibility index (Phi) is 7.02. The summed E-state index contributed by atoms with van der Waals surface area (Å²) >= 11 is 0. The van der Waals surface area contributed by atoms with Gasteiger partial charge in [0.2, 0.25) is 5.91 Å². The summed E-state index contributed by atoms with van der Waals surface area (Å²) < 4.78 is 5.13. The van der Waals surface area contributed by atoms with E-state index < -0.39 is 52.7 Å². The fraction of sp³-hybridized carbons (Fsp3) is 0.273. The number of amides is 2. The van der Waals surface area contributed by atoms with Crippen molar-refractivity contribution in [3.8, 4) is 22.6 Å². The summed E-state index contributed by atoms with van der Waals surface area (Å²) in [6.45, 7) is 0. The Balaban J connectivity index is 1.33. The second kappa shape index (κ2) is 10.6. The van der Waals surface area contributed by atoms with Crippen LogP contribution in [0.25, 0.3) is 11.1 Å². The van der Waals surface area contributed by atoms with Gasteiger partial charge in [0.1, 0.15) is 23.2 Å². The zero-order valence-electron chi connectivity index (χ0n) is 23.6. The highest BCUT2D eigenvalue weighted by Gasteiger charge is 2.62. The van der Waals surface area contributed by atoms with Gasteiger partial charge in [0, 0.05) is 22.7 Å². The van der Waals surface area contributed by atoms with E-state index >= 15 is 0 Å². The molecule has 3 aromatic rings. The van der Waals surface area contributed by atoms with Crippen LogP contribution in [0.3, 0.4) is 0 Å². The van der Waals surface area contributed by atoms with Crippen LogP contribution in [0.1, 0.15) is 39.1 Å². The molecule has 0 heterocycles. The predicted octanol–water partition coefficient (Wildman–Crippen LogP) is 2.67. The van der Waals surface area contributed by atoms with Crippen LogP contribution in [0, 0.1) is 17.8 Å². The van der Waals surface area contributed by atoms with E-state index in [2.05, 4.69) is 5.32 Å². The van der Waals surface area contributed by atoms with Crippen LogP contribution < -0.4 is 15.8 Å². The number of carbonyl (C=O) groups is 4. The van der Waals surface area contributed by atoms with Crippen molar-refractivity contribution in [2.24, 2.45) is 23.5 Å². The molecule has 44 heavy (non-hydrogen) atoms. The first kappa shape index (κ1) is 29.1. The number of Topliss-reactive ketones (excluding diaryl/α,β-unsaturated/α-hetero) is 2. The van der Waals surface area contributed by atoms with Crippen LogP contribution in [0.2, 0.25) is 0 Å². The third-order valence-corrected chi connectivity index (χ3v) is 9.08. The molecule has 2 unspecified atom stereocenters. The van der Waals surface area contributed by atoms with Gasteiger partial charge in [0.15, 0.2) is 17.2 Å². The van der Waals surface area contributed by atoms with Gasteiger partial charge < -0.3 is 36.2 Å². The van der Waals surface area contributed by atoms with E-state index in [0.717, 1.165) is 0 Å². The molecule has 5 atom stereocenters. The highest BCUT2D eigenvalue weighted by atomic mass is 16.5. The Morgan fingerprint density at radius 2 is 1.66 bits per heavy atom. The SMILES string of the molecule is COc1ccc(C(=O)Nc2ccc(-c3ccc(O)c4c3C[C@H]3C[C@H]5CC(O)C(C(N)=O)C(=O)[C@@]5(O)C(O)=C3C4=O)cc2)cc1. The summed E-state index contributed by atoms with van der Waals surface area (Å²) in [5, 5.41) is 46.7. The van der Waals surface area contributed by atoms with Gasteiger partial charge in [-0.2, -0.15) is 0 Å². The summed E-state index contributed by atoms with van der Waals surface area (Å²) in [5.74, 6) is -7.21. The maximum Gasteiger partial charge on any atom is 0.255 e. The van der Waals surface area contributed by atoms with Crippen molar-refractivity contribution in [1.29, 1.82) is 0 Å². The highest BCUT2D eigenvalue weighted by molar-refractivity contribution is 6.16. The van der Waals surface area contributed by atoms with Gasteiger partial charge in [-0.25, -0.2) is 0 Å². The second-order valence-electron chi connectivity index (χ2n) is 11.5. The Labute approximate surface area is 251 Å². The quantitative estimate of drug-likeness (QED) is 0.239. The topological polar surface area (TPSA) is 196 Å². The molecule has 3 aromatic carbocycles. The smallest absolute Gasteiger partial charge is 0.255 e. The van der Waals surface area contributed by atoms with Crippen LogP contribution in [0.15, 0.2) is 72.0 Å². The van der Waals surface area contributed by atoms with E-state index in [-0.39, 0.29) is 42.1 Å². The lowest BCUT2D eigenvalue weighted by Crippen LogP contribution is -2.63. The van der Waals surface area contributed by atoms with Crippen LogP contribution in [-0.4, -0.2) is 62.6 Å². The number of phenols is 1. The van der Waals surface area contributed by atoms with Crippen LogP contribution in [-0.2, 0) is 16.0 Å². The summed E-state index contributed by atoms with van der Waals surface area (Å²) in [6, 6.07) is 16.7. The molecule has 0 aliphatic heterocycles. The first-order valence-electron chi connectivity index (χ1n) is 14.1. The van der Waals surface area contributed by atoms with Gasteiger partial charge in [0.05, 0.1) is 18.8 Å². The van der Waals surface area contributed by atoms with E-state index in [1.165, 1.54) is 13.2 Å². The molecule has 3 aliphatic rings. The number of ketones is 2. The number of nitrogens with one attached hydrogen (secondary N) is 1. The van der Waals surface area contributed by atoms with Gasteiger partial charge in [0.25, 0.3) is 5.91 Å². The average molecular weight is 599 g/mol. The zero-order valence-corrected chi connectivity index (χ0v) is 23.6. The average Bonchev–Trinajstić information content (AvgIpc) is 2.99. The fourth-order valence-electron chi connectivity index (χ4n) is 6.88. The summed E-state index contributed by atoms with van der Waals surface area (Å²) in [5.41, 5.74) is 5.34. The maximum atomic E-state index is 13.8. The number of aliphatic hydroxyl groups excluding tert-OH is 2. The number of anilines is 1. The molecular formula is C33H30N2O9. The number of ether oxygens (including phenoxy) is 1. The van der Waals surface area contributed by atoms with Crippen molar-refractivity contribution < 1.29 is 44.3 Å². The molecule has 226 valence electrons. The van der Waals surface area contributed by atoms with Gasteiger partial charge in [-0.3, -0.25) is 19.2 Å². The molecule has 0 radical (unpaired) electrons. The molecule has 11 heteroatoms. The molecular weight excluding hydrogens is 568 g/mol. The molecule has 0 bridgehead atoms. The number of fused-ring (bicyclic) bond motifs is 3. The van der Waals surface area contributed by atoms with Crippen LogP contribution in [0.4, 0.5) is 5.69 Å². The molecule has 7 N–H and O–H groups in total. The first-order chi connectivity index (χ1) is 20.9. The normalized spacial score (nSPS) is 25.9. The fourth-order valence-corrected chi connectivity index (χ4v) is 6.88. The predicted molar refractivity (Wildman–Crippen MR) is 157 cm³/mol. The van der Waals surface area contributed by atoms with Crippen molar-refractivity contribution in [3.63, 3.8) is 0 Å². The van der Waals surface area contributed by atoms with E-state index in [0.29, 0.717) is 33.7 Å². The number of phenolic OH excluding ortho intramolecular Hbond substituents is 1. The van der Waals surface area contributed by atoms with Crippen LogP contribution in [0.5, 0.6) is 11.5 Å². The third-order valence-electron chi connectivity index (χ3n) is 9.08. The van der Waals surface area contributed by atoms with E-state index in [1.807, 2.05) is 0 Å². The molecule has 1 saturated carbocycles. The molecule has 11 nitrogen and oxygen atoms in total. The zero-order chi connectivity index (χ0) is 31.5. The van der Waals surface area contributed by atoms with Crippen molar-refractivity contribution in [2.75, 3.05) is 12.4 Å². The number of rotatable bonds is 5. The lowest BCUT2D eigenvalue weighted by molar-refractivity contribution is -0.167. The number of methoxy groups -OCH3 is 1. The number of benzene rings is 3. The van der Waals surface area contributed by atoms with Crippen molar-refractivity contribution in [1.82, 2.24) is 0 Å². The van der Waals surface area contributed by atoms with E-state index in [9.17, 15) is 39.6 Å². The molecule has 0 spiro atoms. The molecule has 1 fully saturated rings. The minimum absolute atomic E-state index is 0.0611. The summed E-state index contributed by atoms with van der Waals surface area (Å²) in [6.07, 6.45) is -1.35. The molecule has 6 rings (SSSR count). The van der Waals surface area contributed by atoms with E-state index in [4.69, 9.17) is 10.5 Å². The maximum absolute atomic E-state index is 13.8. The Morgan fingerprint density at radius 3 is 2.30 bits per heavy atom. The van der Waals surface area contributed by atoms with Gasteiger partial charge in [-0.05, 0) is 84.3 Å². The molecule has 3 aliphatic carbocycles. The molecule has 2 amide bonds. The summed E-state index contributed by atoms with van der Waals surface area (Å²) in [4.78, 5) is 51.6. The van der Waals surface area contributed by atoms with Crippen molar-refractivity contribution >= 4 is 29.1 Å². The highest BCUT2D eigenvalue weighted by Crippen LogP contribution is 2.52. The number of hydrogen-bond donors (Lipinski definition) is 6. The number of nitrogens with two attached hydrogens (primary N) is 1. The first-order valence-corrected chi connectivity index (χ1v) is 14.1. The number of carbonyl (C=O) groups excluding carboxylic acids is 4. The Hall–Kier alpha value is -5.00. The van der Waals surface area contributed by atoms with Crippen LogP contribution >= 0.6 is 0 Å². The minimum Gasteiger partial charge on any atom is -0.508 e. The number of aliphatic hydroxyl groups is 3. The Bertz CT molecular complexity index is 1750. The number of hydrogen-bond acceptors (Lipinski definition) is 9. The monoisotopic (exact) mass is 598 g/mol. The second-order valence-corrected chi connectivity index (χ2v) is 11.5. The van der Waals surface area contributed by atoms with Gasteiger partial charge in [-0.1, -0.05) is 18.2 Å². The standard InChI is InChI=1S/C33H30N2O9/c1-44-20-8-4-16(5-9-20)32(42)35-19-6-2-15(3-7-19)21-10-11-23(36)26-22(21)13-17-12-18-14-24(37)27(31(34)41)30(40)33(18,43)29(39)25(17)28(26)38/h2-11,17-18,24,27,36-37,39,43H,12-14H2,1H3,(H2,34,41)(H,35,42)/t17-,18+,24?,27?,33+/m1/s1. The Morgan fingerprint density at radius 1 is 0.977 bits per heavy atom. The molecule has 0 aromatic heterocycles. The minimum atomic E-state index is -2.56. The molecule has 0 saturated heterocycles. The number of primary amides is 1. The lowest BCUT2D eigenvalue weighted by Gasteiger charge is -2.48. The number of allylic oxidation sites excluding steroid dienone is 1.